The zero-order valence-electron chi connectivity index (χ0n) is 7.77. The predicted molar refractivity (Wildman–Crippen MR) is 55.6 cm³/mol. The van der Waals surface area contributed by atoms with Crippen LogP contribution in [0.4, 0.5) is 0 Å². The van der Waals surface area contributed by atoms with Crippen molar-refractivity contribution in [1.29, 1.82) is 0 Å². The molecule has 3 aromatic rings. The van der Waals surface area contributed by atoms with Crippen LogP contribution >= 0.6 is 0 Å². The van der Waals surface area contributed by atoms with Crippen molar-refractivity contribution in [3.63, 3.8) is 0 Å². The molecule has 0 aliphatic carbocycles. The highest BCUT2D eigenvalue weighted by Gasteiger charge is 2.06. The maximum atomic E-state index is 11.0. The van der Waals surface area contributed by atoms with E-state index in [4.69, 9.17) is 5.73 Å². The van der Waals surface area contributed by atoms with Crippen molar-refractivity contribution in [2.45, 2.75) is 0 Å². The summed E-state index contributed by atoms with van der Waals surface area (Å²) in [6.07, 6.45) is 3.57. The van der Waals surface area contributed by atoms with Gasteiger partial charge in [0.05, 0.1) is 11.0 Å². The van der Waals surface area contributed by atoms with Crippen molar-refractivity contribution in [2.75, 3.05) is 0 Å². The Hall–Kier alpha value is -2.30. The molecular weight excluding hydrogens is 192 g/mol. The molecule has 1 aromatic carbocycles. The molecule has 0 aliphatic heterocycles. The van der Waals surface area contributed by atoms with E-state index in [1.54, 1.807) is 18.3 Å². The van der Waals surface area contributed by atoms with E-state index in [-0.39, 0.29) is 0 Å². The largest absolute Gasteiger partial charge is 0.366 e. The quantitative estimate of drug-likeness (QED) is 0.612. The summed E-state index contributed by atoms with van der Waals surface area (Å²) in [4.78, 5) is 18.2. The Morgan fingerprint density at radius 3 is 3.13 bits per heavy atom. The van der Waals surface area contributed by atoms with Crippen molar-refractivity contribution in [3.05, 3.63) is 36.2 Å². The summed E-state index contributed by atoms with van der Waals surface area (Å²) in [6, 6.07) is 5.28. The Morgan fingerprint density at radius 2 is 2.33 bits per heavy atom. The molecule has 2 heterocycles. The number of carbonyl (C=O) groups is 1. The fraction of sp³-hybridized carbons (Fsp3) is 0. The van der Waals surface area contributed by atoms with Crippen LogP contribution in [0, 0.1) is 0 Å². The number of benzene rings is 1. The molecule has 0 bridgehead atoms. The lowest BCUT2D eigenvalue weighted by Gasteiger charge is -1.95. The van der Waals surface area contributed by atoms with Crippen LogP contribution in [0.15, 0.2) is 30.6 Å². The van der Waals surface area contributed by atoms with E-state index in [9.17, 15) is 4.79 Å². The molecule has 0 saturated carbocycles. The molecule has 1 amide bonds. The summed E-state index contributed by atoms with van der Waals surface area (Å²) in [5.41, 5.74) is 7.53. The van der Waals surface area contributed by atoms with Gasteiger partial charge in [-0.25, -0.2) is 4.98 Å². The molecule has 0 saturated heterocycles. The number of nitrogens with one attached hydrogen (secondary N) is 1. The highest BCUT2D eigenvalue weighted by molar-refractivity contribution is 5.96. The maximum absolute atomic E-state index is 11.0. The minimum atomic E-state index is -0.427. The Labute approximate surface area is 84.5 Å². The van der Waals surface area contributed by atoms with Gasteiger partial charge in [-0.1, -0.05) is 0 Å². The van der Waals surface area contributed by atoms with Gasteiger partial charge >= 0.3 is 0 Å². The molecule has 74 valence electrons. The molecule has 0 fully saturated rings. The maximum Gasteiger partial charge on any atom is 0.248 e. The van der Waals surface area contributed by atoms with Crippen LogP contribution in [-0.2, 0) is 0 Å². The number of primary amides is 1. The molecule has 5 nitrogen and oxygen atoms in total. The van der Waals surface area contributed by atoms with Crippen molar-refractivity contribution >= 4 is 22.7 Å². The fourth-order valence-corrected chi connectivity index (χ4v) is 1.71. The monoisotopic (exact) mass is 200 g/mol. The van der Waals surface area contributed by atoms with E-state index < -0.39 is 5.91 Å². The van der Waals surface area contributed by atoms with Crippen LogP contribution in [0.25, 0.3) is 16.8 Å². The van der Waals surface area contributed by atoms with Gasteiger partial charge in [0.2, 0.25) is 11.7 Å². The number of hydrogen-bond acceptors (Lipinski definition) is 2. The second-order valence-electron chi connectivity index (χ2n) is 3.34. The number of nitrogens with two attached hydrogens (primary N) is 1. The second kappa shape index (κ2) is 2.60. The summed E-state index contributed by atoms with van der Waals surface area (Å²) in [5.74, 6) is 0.329. The SMILES string of the molecule is NC(=O)c1ccc2c(c1)[nH]c1nccn12. The molecule has 3 N–H and O–H groups in total. The van der Waals surface area contributed by atoms with Gasteiger partial charge in [-0.05, 0) is 18.2 Å². The number of rotatable bonds is 1. The Morgan fingerprint density at radius 1 is 1.47 bits per heavy atom. The lowest BCUT2D eigenvalue weighted by molar-refractivity contribution is 0.100. The first-order valence-corrected chi connectivity index (χ1v) is 4.50. The van der Waals surface area contributed by atoms with Crippen LogP contribution in [0.1, 0.15) is 10.4 Å². The van der Waals surface area contributed by atoms with E-state index >= 15 is 0 Å². The molecule has 0 radical (unpaired) electrons. The number of H-pyrrole nitrogens is 1. The number of imidazole rings is 2. The van der Waals surface area contributed by atoms with Crippen LogP contribution < -0.4 is 5.73 Å². The minimum Gasteiger partial charge on any atom is -0.366 e. The third-order valence-electron chi connectivity index (χ3n) is 2.43. The Bertz CT molecular complexity index is 664. The van der Waals surface area contributed by atoms with E-state index in [1.165, 1.54) is 0 Å². The van der Waals surface area contributed by atoms with Gasteiger partial charge in [0, 0.05) is 18.0 Å². The van der Waals surface area contributed by atoms with Crippen LogP contribution in [0.5, 0.6) is 0 Å². The van der Waals surface area contributed by atoms with Gasteiger partial charge in [-0.3, -0.25) is 9.20 Å². The molecule has 15 heavy (non-hydrogen) atoms. The lowest BCUT2D eigenvalue weighted by atomic mass is 10.2. The average molecular weight is 200 g/mol. The number of amides is 1. The second-order valence-corrected chi connectivity index (χ2v) is 3.34. The third kappa shape index (κ3) is 1.03. The summed E-state index contributed by atoms with van der Waals surface area (Å²) >= 11 is 0. The zero-order valence-corrected chi connectivity index (χ0v) is 7.77. The first-order valence-electron chi connectivity index (χ1n) is 4.50. The lowest BCUT2D eigenvalue weighted by Crippen LogP contribution is -2.10. The van der Waals surface area contributed by atoms with E-state index in [1.807, 2.05) is 16.7 Å². The number of aromatic amines is 1. The van der Waals surface area contributed by atoms with Gasteiger partial charge < -0.3 is 10.7 Å². The van der Waals surface area contributed by atoms with Crippen LogP contribution in [0.2, 0.25) is 0 Å². The molecule has 3 rings (SSSR count). The van der Waals surface area contributed by atoms with Gasteiger partial charge in [0.15, 0.2) is 0 Å². The standard InChI is InChI=1S/C10H8N4O/c11-9(15)6-1-2-8-7(5-6)13-10-12-3-4-14(8)10/h1-5H,(H2,11,15)(H,12,13). The number of nitrogens with zero attached hydrogens (tertiary/aromatic N) is 2. The Kier molecular flexibility index (Phi) is 1.39. The minimum absolute atomic E-state index is 0.427. The number of hydrogen-bond donors (Lipinski definition) is 2. The molecular formula is C10H8N4O. The highest BCUT2D eigenvalue weighted by atomic mass is 16.1. The van der Waals surface area contributed by atoms with Crippen molar-refractivity contribution < 1.29 is 4.79 Å². The molecule has 0 unspecified atom stereocenters. The van der Waals surface area contributed by atoms with E-state index in [0.29, 0.717) is 5.56 Å². The topological polar surface area (TPSA) is 76.2 Å². The smallest absolute Gasteiger partial charge is 0.248 e. The van der Waals surface area contributed by atoms with Crippen molar-refractivity contribution in [3.8, 4) is 0 Å². The molecule has 2 aromatic heterocycles. The Balaban J connectivity index is 2.40. The average Bonchev–Trinajstić information content (AvgIpc) is 2.75. The van der Waals surface area contributed by atoms with Crippen molar-refractivity contribution in [2.24, 2.45) is 5.73 Å². The molecule has 5 heteroatoms. The summed E-state index contributed by atoms with van der Waals surface area (Å²) in [7, 11) is 0. The fourth-order valence-electron chi connectivity index (χ4n) is 1.71. The molecule has 0 spiro atoms. The highest BCUT2D eigenvalue weighted by Crippen LogP contribution is 2.16. The van der Waals surface area contributed by atoms with Crippen LogP contribution in [0.3, 0.4) is 0 Å². The van der Waals surface area contributed by atoms with Gasteiger partial charge in [-0.15, -0.1) is 0 Å². The number of aromatic nitrogens is 3. The van der Waals surface area contributed by atoms with Gasteiger partial charge in [0.1, 0.15) is 0 Å². The number of fused-ring (bicyclic) bond motifs is 3. The first kappa shape index (κ1) is 8.05. The first-order chi connectivity index (χ1) is 7.25. The molecule has 0 atom stereocenters. The summed E-state index contributed by atoms with van der Waals surface area (Å²) in [6.45, 7) is 0. The predicted octanol–water partition coefficient (Wildman–Crippen LogP) is 0.914. The van der Waals surface area contributed by atoms with E-state index in [0.717, 1.165) is 16.8 Å². The third-order valence-corrected chi connectivity index (χ3v) is 2.43. The van der Waals surface area contributed by atoms with Gasteiger partial charge in [0.25, 0.3) is 0 Å². The van der Waals surface area contributed by atoms with E-state index in [2.05, 4.69) is 9.97 Å². The summed E-state index contributed by atoms with van der Waals surface area (Å²) < 4.78 is 1.92. The van der Waals surface area contributed by atoms with Gasteiger partial charge in [-0.2, -0.15) is 0 Å². The zero-order chi connectivity index (χ0) is 10.4. The van der Waals surface area contributed by atoms with Crippen LogP contribution in [-0.4, -0.2) is 20.3 Å². The molecule has 0 aliphatic rings. The number of carbonyl (C=O) groups excluding carboxylic acids is 1. The normalized spacial score (nSPS) is 11.2. The van der Waals surface area contributed by atoms with Crippen molar-refractivity contribution in [1.82, 2.24) is 14.4 Å². The summed E-state index contributed by atoms with van der Waals surface area (Å²) in [5, 5.41) is 0.